The van der Waals surface area contributed by atoms with E-state index in [0.29, 0.717) is 30.4 Å². The zero-order chi connectivity index (χ0) is 20.3. The van der Waals surface area contributed by atoms with Crippen LogP contribution in [0.4, 0.5) is 0 Å². The lowest BCUT2D eigenvalue weighted by Crippen LogP contribution is -2.38. The zero-order valence-electron chi connectivity index (χ0n) is 16.1. The number of benzene rings is 2. The van der Waals surface area contributed by atoms with Gasteiger partial charge in [-0.05, 0) is 41.5 Å². The van der Waals surface area contributed by atoms with E-state index in [1.807, 2.05) is 53.4 Å². The predicted octanol–water partition coefficient (Wildman–Crippen LogP) is 2.73. The smallest absolute Gasteiger partial charge is 0.253 e. The van der Waals surface area contributed by atoms with Gasteiger partial charge in [-0.25, -0.2) is 4.68 Å². The summed E-state index contributed by atoms with van der Waals surface area (Å²) < 4.78 is 7.04. The summed E-state index contributed by atoms with van der Waals surface area (Å²) in [5, 5.41) is 15.3. The number of tetrazole rings is 1. The lowest BCUT2D eigenvalue weighted by Gasteiger charge is -2.30. The Hall–Kier alpha value is -3.88. The van der Waals surface area contributed by atoms with Crippen molar-refractivity contribution in [3.8, 4) is 17.1 Å². The second-order valence-corrected chi connectivity index (χ2v) is 7.19. The van der Waals surface area contributed by atoms with Gasteiger partial charge >= 0.3 is 0 Å². The standard InChI is InChI=1S/C21H19N7O2/c29-21(17-7-4-8-18(13-17)28-14-22-25-26-28)27-11-9-16(10-12-27)20-23-19(24-30-20)15-5-2-1-3-6-15/h1-8,13-14,16H,9-12H2. The highest BCUT2D eigenvalue weighted by molar-refractivity contribution is 5.94. The molecule has 0 unspecified atom stereocenters. The summed E-state index contributed by atoms with van der Waals surface area (Å²) in [6, 6.07) is 17.1. The third kappa shape index (κ3) is 3.57. The molecule has 1 aliphatic rings. The molecule has 1 fully saturated rings. The van der Waals surface area contributed by atoms with Crippen molar-refractivity contribution in [3.05, 3.63) is 72.4 Å². The van der Waals surface area contributed by atoms with Crippen molar-refractivity contribution in [2.75, 3.05) is 13.1 Å². The Labute approximate surface area is 172 Å². The van der Waals surface area contributed by atoms with Crippen molar-refractivity contribution in [3.63, 3.8) is 0 Å². The Balaban J connectivity index is 1.25. The Morgan fingerprint density at radius 2 is 1.87 bits per heavy atom. The molecule has 1 aliphatic heterocycles. The summed E-state index contributed by atoms with van der Waals surface area (Å²) in [6.07, 6.45) is 3.08. The fourth-order valence-corrected chi connectivity index (χ4v) is 3.68. The highest BCUT2D eigenvalue weighted by Gasteiger charge is 2.28. The first-order valence-electron chi connectivity index (χ1n) is 9.79. The molecule has 0 bridgehead atoms. The fourth-order valence-electron chi connectivity index (χ4n) is 3.68. The van der Waals surface area contributed by atoms with E-state index in [-0.39, 0.29) is 11.8 Å². The van der Waals surface area contributed by atoms with Crippen LogP contribution < -0.4 is 0 Å². The van der Waals surface area contributed by atoms with Gasteiger partial charge in [-0.1, -0.05) is 41.6 Å². The molecule has 5 rings (SSSR count). The van der Waals surface area contributed by atoms with Gasteiger partial charge in [0.2, 0.25) is 11.7 Å². The average Bonchev–Trinajstić information content (AvgIpc) is 3.52. The van der Waals surface area contributed by atoms with Gasteiger partial charge < -0.3 is 9.42 Å². The molecule has 2 aromatic heterocycles. The maximum absolute atomic E-state index is 13.0. The minimum Gasteiger partial charge on any atom is -0.339 e. The molecule has 150 valence electrons. The molecule has 0 aliphatic carbocycles. The molecule has 1 saturated heterocycles. The first kappa shape index (κ1) is 18.2. The summed E-state index contributed by atoms with van der Waals surface area (Å²) in [4.78, 5) is 19.4. The van der Waals surface area contributed by atoms with E-state index >= 15 is 0 Å². The molecule has 2 aromatic carbocycles. The van der Waals surface area contributed by atoms with Gasteiger partial charge in [-0.2, -0.15) is 4.98 Å². The molecule has 9 heteroatoms. The number of likely N-dealkylation sites (tertiary alicyclic amines) is 1. The summed E-state index contributed by atoms with van der Waals surface area (Å²) in [5.74, 6) is 1.40. The van der Waals surface area contributed by atoms with E-state index in [9.17, 15) is 4.79 Å². The Morgan fingerprint density at radius 1 is 1.03 bits per heavy atom. The molecule has 3 heterocycles. The van der Waals surface area contributed by atoms with E-state index in [0.717, 1.165) is 24.1 Å². The maximum Gasteiger partial charge on any atom is 0.253 e. The molecule has 9 nitrogen and oxygen atoms in total. The molecule has 0 N–H and O–H groups in total. The van der Waals surface area contributed by atoms with Crippen LogP contribution in [0.2, 0.25) is 0 Å². The van der Waals surface area contributed by atoms with Crippen molar-refractivity contribution in [1.29, 1.82) is 0 Å². The number of hydrogen-bond donors (Lipinski definition) is 0. The number of hydrogen-bond acceptors (Lipinski definition) is 7. The minimum atomic E-state index is -0.00104. The molecule has 0 saturated carbocycles. The third-order valence-corrected chi connectivity index (χ3v) is 5.31. The fraction of sp³-hybridized carbons (Fsp3) is 0.238. The van der Waals surface area contributed by atoms with E-state index in [1.165, 1.54) is 11.0 Å². The van der Waals surface area contributed by atoms with Crippen LogP contribution in [0.5, 0.6) is 0 Å². The molecular formula is C21H19N7O2. The molecule has 0 spiro atoms. The van der Waals surface area contributed by atoms with Crippen molar-refractivity contribution >= 4 is 5.91 Å². The highest BCUT2D eigenvalue weighted by atomic mass is 16.5. The monoisotopic (exact) mass is 401 g/mol. The summed E-state index contributed by atoms with van der Waals surface area (Å²) in [5.41, 5.74) is 2.30. The third-order valence-electron chi connectivity index (χ3n) is 5.31. The topological polar surface area (TPSA) is 103 Å². The first-order valence-corrected chi connectivity index (χ1v) is 9.79. The van der Waals surface area contributed by atoms with Crippen molar-refractivity contribution in [1.82, 2.24) is 35.2 Å². The van der Waals surface area contributed by atoms with Gasteiger partial charge in [0.15, 0.2) is 0 Å². The normalized spacial score (nSPS) is 14.7. The molecule has 4 aromatic rings. The Bertz CT molecular complexity index is 1130. The Kier molecular flexibility index (Phi) is 4.76. The zero-order valence-corrected chi connectivity index (χ0v) is 16.1. The van der Waals surface area contributed by atoms with Crippen LogP contribution in [-0.4, -0.2) is 54.2 Å². The average molecular weight is 401 g/mol. The number of carbonyl (C=O) groups is 1. The van der Waals surface area contributed by atoms with Gasteiger partial charge in [0.25, 0.3) is 5.91 Å². The Morgan fingerprint density at radius 3 is 2.63 bits per heavy atom. The van der Waals surface area contributed by atoms with Crippen molar-refractivity contribution < 1.29 is 9.32 Å². The van der Waals surface area contributed by atoms with Gasteiger partial charge in [-0.3, -0.25) is 4.79 Å². The summed E-state index contributed by atoms with van der Waals surface area (Å²) in [6.45, 7) is 1.28. The first-order chi connectivity index (χ1) is 14.8. The van der Waals surface area contributed by atoms with Crippen molar-refractivity contribution in [2.24, 2.45) is 0 Å². The minimum absolute atomic E-state index is 0.00104. The molecule has 1 amide bonds. The lowest BCUT2D eigenvalue weighted by atomic mass is 9.96. The number of rotatable bonds is 4. The lowest BCUT2D eigenvalue weighted by molar-refractivity contribution is 0.0704. The maximum atomic E-state index is 13.0. The number of amides is 1. The van der Waals surface area contributed by atoms with Crippen LogP contribution >= 0.6 is 0 Å². The molecule has 0 atom stereocenters. The number of nitrogens with zero attached hydrogens (tertiary/aromatic N) is 7. The molecule has 30 heavy (non-hydrogen) atoms. The van der Waals surface area contributed by atoms with E-state index < -0.39 is 0 Å². The van der Waals surface area contributed by atoms with Gasteiger partial charge in [0.05, 0.1) is 5.69 Å². The quantitative estimate of drug-likeness (QED) is 0.518. The van der Waals surface area contributed by atoms with E-state index in [1.54, 1.807) is 6.07 Å². The van der Waals surface area contributed by atoms with E-state index in [4.69, 9.17) is 4.52 Å². The second kappa shape index (κ2) is 7.86. The van der Waals surface area contributed by atoms with Crippen molar-refractivity contribution in [2.45, 2.75) is 18.8 Å². The van der Waals surface area contributed by atoms with Gasteiger partial charge in [0.1, 0.15) is 6.33 Å². The van der Waals surface area contributed by atoms with Crippen LogP contribution in [0.25, 0.3) is 17.1 Å². The van der Waals surface area contributed by atoms with Crippen LogP contribution in [-0.2, 0) is 0 Å². The number of piperidine rings is 1. The molecule has 0 radical (unpaired) electrons. The van der Waals surface area contributed by atoms with Gasteiger partial charge in [0, 0.05) is 30.1 Å². The molecular weight excluding hydrogens is 382 g/mol. The summed E-state index contributed by atoms with van der Waals surface area (Å²) >= 11 is 0. The largest absolute Gasteiger partial charge is 0.339 e. The highest BCUT2D eigenvalue weighted by Crippen LogP contribution is 2.29. The SMILES string of the molecule is O=C(c1cccc(-n2cnnn2)c1)N1CCC(c2nc(-c3ccccc3)no2)CC1. The van der Waals surface area contributed by atoms with Gasteiger partial charge in [-0.15, -0.1) is 5.10 Å². The number of aromatic nitrogens is 6. The second-order valence-electron chi connectivity index (χ2n) is 7.19. The van der Waals surface area contributed by atoms with Crippen LogP contribution in [0.1, 0.15) is 35.0 Å². The van der Waals surface area contributed by atoms with Crippen LogP contribution in [0.3, 0.4) is 0 Å². The summed E-state index contributed by atoms with van der Waals surface area (Å²) in [7, 11) is 0. The van der Waals surface area contributed by atoms with Crippen LogP contribution in [0.15, 0.2) is 65.4 Å². The number of carbonyl (C=O) groups excluding carboxylic acids is 1. The van der Waals surface area contributed by atoms with E-state index in [2.05, 4.69) is 25.7 Å². The predicted molar refractivity (Wildman–Crippen MR) is 107 cm³/mol. The van der Waals surface area contributed by atoms with Crippen LogP contribution in [0, 0.1) is 0 Å².